The monoisotopic (exact) mass is 260 g/mol. The van der Waals surface area contributed by atoms with Crippen molar-refractivity contribution in [1.29, 1.82) is 0 Å². The minimum absolute atomic E-state index is 0.0215. The summed E-state index contributed by atoms with van der Waals surface area (Å²) in [7, 11) is 0. The lowest BCUT2D eigenvalue weighted by atomic mass is 10.0. The lowest BCUT2D eigenvalue weighted by Gasteiger charge is -2.16. The molecular weight excluding hydrogens is 240 g/mol. The predicted octanol–water partition coefficient (Wildman–Crippen LogP) is 3.18. The highest BCUT2D eigenvalue weighted by atomic mass is 16.5. The Labute approximate surface area is 114 Å². The van der Waals surface area contributed by atoms with Crippen LogP contribution in [0.2, 0.25) is 0 Å². The Balaban J connectivity index is 2.18. The number of benzene rings is 1. The Bertz CT molecular complexity index is 459. The summed E-state index contributed by atoms with van der Waals surface area (Å²) in [6.07, 6.45) is 4.78. The Morgan fingerprint density at radius 3 is 3.05 bits per heavy atom. The third kappa shape index (κ3) is 3.44. The molecule has 3 heteroatoms. The molecule has 102 valence electrons. The van der Waals surface area contributed by atoms with Crippen LogP contribution in [0.15, 0.2) is 30.9 Å². The largest absolute Gasteiger partial charge is 0.490 e. The second-order valence-corrected chi connectivity index (χ2v) is 4.79. The van der Waals surface area contributed by atoms with Crippen molar-refractivity contribution in [3.63, 3.8) is 0 Å². The highest BCUT2D eigenvalue weighted by molar-refractivity contribution is 5.97. The van der Waals surface area contributed by atoms with Crippen LogP contribution >= 0.6 is 0 Å². The van der Waals surface area contributed by atoms with Gasteiger partial charge in [-0.3, -0.25) is 4.79 Å². The Morgan fingerprint density at radius 2 is 2.42 bits per heavy atom. The zero-order valence-electron chi connectivity index (χ0n) is 11.4. The van der Waals surface area contributed by atoms with Gasteiger partial charge in [-0.15, -0.1) is 6.58 Å². The van der Waals surface area contributed by atoms with Crippen molar-refractivity contribution in [2.75, 3.05) is 13.2 Å². The van der Waals surface area contributed by atoms with Gasteiger partial charge in [0.2, 0.25) is 0 Å². The van der Waals surface area contributed by atoms with E-state index >= 15 is 0 Å². The number of ether oxygens (including phenoxy) is 2. The summed E-state index contributed by atoms with van der Waals surface area (Å²) in [5.74, 6) is 0.707. The zero-order chi connectivity index (χ0) is 13.7. The maximum absolute atomic E-state index is 11.7. The van der Waals surface area contributed by atoms with E-state index < -0.39 is 0 Å². The molecule has 1 atom stereocenters. The molecule has 0 N–H and O–H groups in total. The average molecular weight is 260 g/mol. The number of carbonyl (C=O) groups is 1. The molecule has 0 aromatic heterocycles. The first kappa shape index (κ1) is 13.8. The van der Waals surface area contributed by atoms with E-state index in [0.29, 0.717) is 24.3 Å². The SMILES string of the molecule is C=CCc1cccc(C(C)=O)c1OCC1CCCO1. The molecule has 0 saturated carbocycles. The second kappa shape index (κ2) is 6.53. The summed E-state index contributed by atoms with van der Waals surface area (Å²) in [5, 5.41) is 0. The molecule has 1 aliphatic rings. The van der Waals surface area contributed by atoms with E-state index in [0.717, 1.165) is 25.0 Å². The minimum Gasteiger partial charge on any atom is -0.490 e. The molecule has 1 unspecified atom stereocenters. The molecule has 0 bridgehead atoms. The molecule has 1 saturated heterocycles. The van der Waals surface area contributed by atoms with Crippen LogP contribution in [0.25, 0.3) is 0 Å². The molecule has 0 aliphatic carbocycles. The Hall–Kier alpha value is -1.61. The van der Waals surface area contributed by atoms with Crippen LogP contribution in [-0.2, 0) is 11.2 Å². The number of Topliss-reactive ketones (excluding diaryl/α,β-unsaturated/α-hetero) is 1. The summed E-state index contributed by atoms with van der Waals surface area (Å²) in [6.45, 7) is 6.62. The molecule has 0 amide bonds. The number of carbonyl (C=O) groups excluding carboxylic acids is 1. The number of rotatable bonds is 6. The first-order valence-corrected chi connectivity index (χ1v) is 6.70. The van der Waals surface area contributed by atoms with Gasteiger partial charge in [-0.1, -0.05) is 18.2 Å². The fourth-order valence-electron chi connectivity index (χ4n) is 2.30. The van der Waals surface area contributed by atoms with E-state index in [1.165, 1.54) is 0 Å². The van der Waals surface area contributed by atoms with E-state index in [1.54, 1.807) is 13.0 Å². The van der Waals surface area contributed by atoms with Gasteiger partial charge in [-0.2, -0.15) is 0 Å². The average Bonchev–Trinajstić information content (AvgIpc) is 2.90. The molecular formula is C16H20O3. The predicted molar refractivity (Wildman–Crippen MR) is 74.8 cm³/mol. The number of ketones is 1. The Morgan fingerprint density at radius 1 is 1.58 bits per heavy atom. The van der Waals surface area contributed by atoms with Crippen LogP contribution in [-0.4, -0.2) is 25.1 Å². The van der Waals surface area contributed by atoms with Crippen molar-refractivity contribution in [2.45, 2.75) is 32.3 Å². The first-order chi connectivity index (χ1) is 9.22. The topological polar surface area (TPSA) is 35.5 Å². The van der Waals surface area contributed by atoms with Gasteiger partial charge >= 0.3 is 0 Å². The van der Waals surface area contributed by atoms with E-state index in [-0.39, 0.29) is 11.9 Å². The lowest BCUT2D eigenvalue weighted by molar-refractivity contribution is 0.0669. The fraction of sp³-hybridized carbons (Fsp3) is 0.438. The normalized spacial score (nSPS) is 18.3. The third-order valence-electron chi connectivity index (χ3n) is 3.28. The van der Waals surface area contributed by atoms with Gasteiger partial charge in [0.1, 0.15) is 12.4 Å². The molecule has 1 aromatic carbocycles. The van der Waals surface area contributed by atoms with Crippen molar-refractivity contribution >= 4 is 5.78 Å². The van der Waals surface area contributed by atoms with Crippen LogP contribution in [0.5, 0.6) is 5.75 Å². The molecule has 3 nitrogen and oxygen atoms in total. The molecule has 1 aromatic rings. The number of allylic oxidation sites excluding steroid dienone is 1. The molecule has 2 rings (SSSR count). The molecule has 19 heavy (non-hydrogen) atoms. The van der Waals surface area contributed by atoms with Crippen molar-refractivity contribution in [3.05, 3.63) is 42.0 Å². The first-order valence-electron chi connectivity index (χ1n) is 6.70. The van der Waals surface area contributed by atoms with Crippen molar-refractivity contribution in [1.82, 2.24) is 0 Å². The van der Waals surface area contributed by atoms with Crippen molar-refractivity contribution in [2.24, 2.45) is 0 Å². The summed E-state index contributed by atoms with van der Waals surface area (Å²) < 4.78 is 11.4. The van der Waals surface area contributed by atoms with E-state index in [9.17, 15) is 4.79 Å². The fourth-order valence-corrected chi connectivity index (χ4v) is 2.30. The summed E-state index contributed by atoms with van der Waals surface area (Å²) in [6, 6.07) is 5.66. The standard InChI is InChI=1S/C16H20O3/c1-3-6-13-7-4-9-15(12(2)17)16(13)19-11-14-8-5-10-18-14/h3-4,7,9,14H,1,5-6,8,10-11H2,2H3. The zero-order valence-corrected chi connectivity index (χ0v) is 11.4. The van der Waals surface area contributed by atoms with Crippen molar-refractivity contribution in [3.8, 4) is 5.75 Å². The molecule has 0 spiro atoms. The molecule has 1 fully saturated rings. The summed E-state index contributed by atoms with van der Waals surface area (Å²) in [4.78, 5) is 11.7. The van der Waals surface area contributed by atoms with Gasteiger partial charge in [-0.05, 0) is 37.8 Å². The lowest BCUT2D eigenvalue weighted by Crippen LogP contribution is -2.18. The maximum Gasteiger partial charge on any atom is 0.163 e. The summed E-state index contributed by atoms with van der Waals surface area (Å²) in [5.41, 5.74) is 1.64. The van der Waals surface area contributed by atoms with Crippen LogP contribution < -0.4 is 4.74 Å². The van der Waals surface area contributed by atoms with Crippen LogP contribution in [0, 0.1) is 0 Å². The van der Waals surface area contributed by atoms with Gasteiger partial charge < -0.3 is 9.47 Å². The second-order valence-electron chi connectivity index (χ2n) is 4.79. The van der Waals surface area contributed by atoms with Crippen LogP contribution in [0.4, 0.5) is 0 Å². The molecule has 1 heterocycles. The van der Waals surface area contributed by atoms with Gasteiger partial charge in [0.15, 0.2) is 5.78 Å². The van der Waals surface area contributed by atoms with E-state index in [2.05, 4.69) is 6.58 Å². The smallest absolute Gasteiger partial charge is 0.163 e. The van der Waals surface area contributed by atoms with E-state index in [4.69, 9.17) is 9.47 Å². The molecule has 0 radical (unpaired) electrons. The summed E-state index contributed by atoms with van der Waals surface area (Å²) >= 11 is 0. The number of para-hydroxylation sites is 1. The quantitative estimate of drug-likeness (QED) is 0.582. The Kier molecular flexibility index (Phi) is 4.74. The van der Waals surface area contributed by atoms with Gasteiger partial charge in [-0.25, -0.2) is 0 Å². The highest BCUT2D eigenvalue weighted by Crippen LogP contribution is 2.26. The highest BCUT2D eigenvalue weighted by Gasteiger charge is 2.19. The van der Waals surface area contributed by atoms with Gasteiger partial charge in [0, 0.05) is 6.61 Å². The minimum atomic E-state index is 0.0215. The van der Waals surface area contributed by atoms with E-state index in [1.807, 2.05) is 18.2 Å². The third-order valence-corrected chi connectivity index (χ3v) is 3.28. The van der Waals surface area contributed by atoms with Gasteiger partial charge in [0.05, 0.1) is 11.7 Å². The van der Waals surface area contributed by atoms with Crippen LogP contribution in [0.3, 0.4) is 0 Å². The maximum atomic E-state index is 11.7. The number of hydrogen-bond donors (Lipinski definition) is 0. The molecule has 1 aliphatic heterocycles. The number of hydrogen-bond acceptors (Lipinski definition) is 3. The van der Waals surface area contributed by atoms with Gasteiger partial charge in [0.25, 0.3) is 0 Å². The van der Waals surface area contributed by atoms with Crippen molar-refractivity contribution < 1.29 is 14.3 Å². The van der Waals surface area contributed by atoms with Crippen LogP contribution in [0.1, 0.15) is 35.7 Å².